The summed E-state index contributed by atoms with van der Waals surface area (Å²) in [6.45, 7) is 1.80. The van der Waals surface area contributed by atoms with Gasteiger partial charge in [0.25, 0.3) is 0 Å². The van der Waals surface area contributed by atoms with Crippen molar-refractivity contribution in [2.45, 2.75) is 38.0 Å². The lowest BCUT2D eigenvalue weighted by atomic mass is 9.71. The average Bonchev–Trinajstić information content (AvgIpc) is 2.31. The van der Waals surface area contributed by atoms with Crippen molar-refractivity contribution in [1.29, 1.82) is 0 Å². The minimum absolute atomic E-state index is 0.127. The lowest BCUT2D eigenvalue weighted by Crippen LogP contribution is -2.40. The molecule has 1 N–H and O–H groups in total. The molecule has 0 atom stereocenters. The normalized spacial score (nSPS) is 19.0. The van der Waals surface area contributed by atoms with Crippen LogP contribution in [0, 0.1) is 6.92 Å². The van der Waals surface area contributed by atoms with Crippen LogP contribution in [0.5, 0.6) is 0 Å². The van der Waals surface area contributed by atoms with E-state index in [2.05, 4.69) is 9.97 Å². The highest BCUT2D eigenvalue weighted by Gasteiger charge is 2.44. The molecule has 90 valence electrons. The zero-order valence-electron chi connectivity index (χ0n) is 9.64. The number of nitrogens with zero attached hydrogens (tertiary/aromatic N) is 2. The number of ketones is 1. The second-order valence-corrected chi connectivity index (χ2v) is 4.47. The highest BCUT2D eigenvalue weighted by atomic mass is 16.4. The predicted molar refractivity (Wildman–Crippen MR) is 59.6 cm³/mol. The summed E-state index contributed by atoms with van der Waals surface area (Å²) in [5.74, 6) is -0.787. The average molecular weight is 234 g/mol. The Morgan fingerprint density at radius 1 is 1.29 bits per heavy atom. The molecule has 0 aliphatic heterocycles. The Morgan fingerprint density at radius 3 is 2.41 bits per heavy atom. The van der Waals surface area contributed by atoms with Gasteiger partial charge in [-0.1, -0.05) is 0 Å². The number of aromatic nitrogens is 2. The Morgan fingerprint density at radius 2 is 1.94 bits per heavy atom. The third-order valence-corrected chi connectivity index (χ3v) is 3.34. The molecule has 5 nitrogen and oxygen atoms in total. The molecule has 1 heterocycles. The van der Waals surface area contributed by atoms with Crippen LogP contribution in [-0.4, -0.2) is 26.8 Å². The van der Waals surface area contributed by atoms with Crippen LogP contribution in [0.4, 0.5) is 0 Å². The highest BCUT2D eigenvalue weighted by molar-refractivity contribution is 5.87. The van der Waals surface area contributed by atoms with Gasteiger partial charge in [0.1, 0.15) is 11.2 Å². The van der Waals surface area contributed by atoms with Gasteiger partial charge in [-0.2, -0.15) is 0 Å². The Bertz CT molecular complexity index is 443. The van der Waals surface area contributed by atoms with Gasteiger partial charge in [0, 0.05) is 25.2 Å². The summed E-state index contributed by atoms with van der Waals surface area (Å²) in [5, 5.41) is 9.42. The quantitative estimate of drug-likeness (QED) is 0.833. The van der Waals surface area contributed by atoms with Crippen molar-refractivity contribution in [2.75, 3.05) is 0 Å². The van der Waals surface area contributed by atoms with Crippen LogP contribution in [-0.2, 0) is 15.0 Å². The van der Waals surface area contributed by atoms with E-state index in [-0.39, 0.29) is 5.78 Å². The van der Waals surface area contributed by atoms with E-state index in [1.165, 1.54) is 6.20 Å². The van der Waals surface area contributed by atoms with Gasteiger partial charge in [-0.3, -0.25) is 19.6 Å². The second-order valence-electron chi connectivity index (χ2n) is 4.47. The molecule has 0 amide bonds. The first-order valence-corrected chi connectivity index (χ1v) is 5.59. The maximum atomic E-state index is 11.5. The number of hydrogen-bond acceptors (Lipinski definition) is 4. The molecule has 17 heavy (non-hydrogen) atoms. The summed E-state index contributed by atoms with van der Waals surface area (Å²) in [4.78, 5) is 31.0. The first-order chi connectivity index (χ1) is 8.04. The minimum atomic E-state index is -1.03. The molecule has 1 aromatic rings. The smallest absolute Gasteiger partial charge is 0.315 e. The van der Waals surface area contributed by atoms with Gasteiger partial charge in [-0.15, -0.1) is 0 Å². The summed E-state index contributed by atoms with van der Waals surface area (Å²) in [5.41, 5.74) is 0.179. The number of hydrogen-bond donors (Lipinski definition) is 1. The highest BCUT2D eigenvalue weighted by Crippen LogP contribution is 2.37. The van der Waals surface area contributed by atoms with Crippen molar-refractivity contribution in [2.24, 2.45) is 0 Å². The number of aryl methyl sites for hydroxylation is 1. The van der Waals surface area contributed by atoms with Gasteiger partial charge in [-0.25, -0.2) is 0 Å². The van der Waals surface area contributed by atoms with Crippen molar-refractivity contribution >= 4 is 11.8 Å². The van der Waals surface area contributed by atoms with Crippen LogP contribution in [0.1, 0.15) is 37.1 Å². The summed E-state index contributed by atoms with van der Waals surface area (Å²) in [6.07, 6.45) is 4.33. The van der Waals surface area contributed by atoms with E-state index in [1.54, 1.807) is 13.1 Å². The fraction of sp³-hybridized carbons (Fsp3) is 0.500. The first kappa shape index (κ1) is 11.7. The van der Waals surface area contributed by atoms with E-state index < -0.39 is 11.4 Å². The van der Waals surface area contributed by atoms with Crippen LogP contribution in [0.15, 0.2) is 12.4 Å². The van der Waals surface area contributed by atoms with Crippen molar-refractivity contribution in [3.8, 4) is 0 Å². The minimum Gasteiger partial charge on any atom is -0.481 e. The number of carbonyl (C=O) groups is 2. The largest absolute Gasteiger partial charge is 0.481 e. The first-order valence-electron chi connectivity index (χ1n) is 5.59. The molecule has 1 aliphatic carbocycles. The van der Waals surface area contributed by atoms with E-state index in [9.17, 15) is 14.7 Å². The molecule has 0 aromatic carbocycles. The lowest BCUT2D eigenvalue weighted by Gasteiger charge is -2.31. The summed E-state index contributed by atoms with van der Waals surface area (Å²) >= 11 is 0. The molecule has 1 aromatic heterocycles. The van der Waals surface area contributed by atoms with Gasteiger partial charge in [0.05, 0.1) is 11.4 Å². The number of carbonyl (C=O) groups excluding carboxylic acids is 1. The molecule has 5 heteroatoms. The Hall–Kier alpha value is -1.78. The van der Waals surface area contributed by atoms with Crippen LogP contribution >= 0.6 is 0 Å². The Kier molecular flexibility index (Phi) is 2.92. The monoisotopic (exact) mass is 234 g/mol. The number of Topliss-reactive ketones (excluding diaryl/α,β-unsaturated/α-hetero) is 1. The van der Waals surface area contributed by atoms with E-state index >= 15 is 0 Å². The van der Waals surface area contributed by atoms with Crippen molar-refractivity contribution in [3.63, 3.8) is 0 Å². The molecule has 1 fully saturated rings. The lowest BCUT2D eigenvalue weighted by molar-refractivity contribution is -0.146. The Balaban J connectivity index is 2.38. The summed E-state index contributed by atoms with van der Waals surface area (Å²) in [7, 11) is 0. The predicted octanol–water partition coefficient (Wildman–Crippen LogP) is 1.25. The molecule has 0 bridgehead atoms. The second kappa shape index (κ2) is 4.24. The SMILES string of the molecule is Cc1cnc(C2(C(=O)O)CCC(=O)CC2)cn1. The topological polar surface area (TPSA) is 80.1 Å². The van der Waals surface area contributed by atoms with Crippen molar-refractivity contribution < 1.29 is 14.7 Å². The zero-order valence-corrected chi connectivity index (χ0v) is 9.64. The van der Waals surface area contributed by atoms with Crippen molar-refractivity contribution in [1.82, 2.24) is 9.97 Å². The molecule has 0 unspecified atom stereocenters. The molecule has 0 spiro atoms. The molecular weight excluding hydrogens is 220 g/mol. The van der Waals surface area contributed by atoms with Crippen LogP contribution in [0.25, 0.3) is 0 Å². The maximum absolute atomic E-state index is 11.5. The van der Waals surface area contributed by atoms with Crippen LogP contribution < -0.4 is 0 Å². The number of rotatable bonds is 2. The Labute approximate surface area is 98.9 Å². The van der Waals surface area contributed by atoms with E-state index in [0.717, 1.165) is 5.69 Å². The number of carboxylic acids is 1. The van der Waals surface area contributed by atoms with Crippen molar-refractivity contribution in [3.05, 3.63) is 23.8 Å². The van der Waals surface area contributed by atoms with E-state index in [4.69, 9.17) is 0 Å². The van der Waals surface area contributed by atoms with E-state index in [1.807, 2.05) is 0 Å². The fourth-order valence-corrected chi connectivity index (χ4v) is 2.17. The third-order valence-electron chi connectivity index (χ3n) is 3.34. The molecule has 0 radical (unpaired) electrons. The van der Waals surface area contributed by atoms with Gasteiger partial charge in [-0.05, 0) is 19.8 Å². The summed E-state index contributed by atoms with van der Waals surface area (Å²) in [6, 6.07) is 0. The number of aliphatic carboxylic acids is 1. The fourth-order valence-electron chi connectivity index (χ4n) is 2.17. The maximum Gasteiger partial charge on any atom is 0.315 e. The number of carboxylic acid groups (broad SMARTS) is 1. The van der Waals surface area contributed by atoms with Gasteiger partial charge in [0.2, 0.25) is 0 Å². The van der Waals surface area contributed by atoms with Gasteiger partial charge < -0.3 is 5.11 Å². The zero-order chi connectivity index (χ0) is 12.5. The van der Waals surface area contributed by atoms with Crippen LogP contribution in [0.3, 0.4) is 0 Å². The summed E-state index contributed by atoms with van der Waals surface area (Å²) < 4.78 is 0. The van der Waals surface area contributed by atoms with Crippen LogP contribution in [0.2, 0.25) is 0 Å². The third kappa shape index (κ3) is 2.05. The van der Waals surface area contributed by atoms with E-state index in [0.29, 0.717) is 31.4 Å². The molecule has 1 aliphatic rings. The van der Waals surface area contributed by atoms with Gasteiger partial charge in [0.15, 0.2) is 0 Å². The molecule has 1 saturated carbocycles. The van der Waals surface area contributed by atoms with Gasteiger partial charge >= 0.3 is 5.97 Å². The molecule has 2 rings (SSSR count). The molecule has 0 saturated heterocycles. The molecular formula is C12H14N2O3. The standard InChI is InChI=1S/C12H14N2O3/c1-8-6-14-10(7-13-8)12(11(16)17)4-2-9(15)3-5-12/h6-7H,2-5H2,1H3,(H,16,17).